The van der Waals surface area contributed by atoms with Crippen LogP contribution in [0.25, 0.3) is 0 Å². The van der Waals surface area contributed by atoms with Crippen molar-refractivity contribution in [1.29, 1.82) is 0 Å². The summed E-state index contributed by atoms with van der Waals surface area (Å²) in [4.78, 5) is 19.2. The number of carbonyl (C=O) groups excluding carboxylic acids is 1. The Morgan fingerprint density at radius 1 is 1.40 bits per heavy atom. The number of carbonyl (C=O) groups is 1. The van der Waals surface area contributed by atoms with Crippen LogP contribution in [0.2, 0.25) is 0 Å². The summed E-state index contributed by atoms with van der Waals surface area (Å²) < 4.78 is 7.15. The molecule has 1 fully saturated rings. The van der Waals surface area contributed by atoms with Crippen molar-refractivity contribution >= 4 is 11.6 Å². The number of nitrogens with zero attached hydrogens (tertiary/aromatic N) is 5. The Balaban J connectivity index is 1.51. The smallest absolute Gasteiger partial charge is 0.243 e. The Morgan fingerprint density at radius 3 is 2.76 bits per heavy atom. The lowest BCUT2D eigenvalue weighted by atomic mass is 9.95. The summed E-state index contributed by atoms with van der Waals surface area (Å²) in [5, 5.41) is 11.1. The van der Waals surface area contributed by atoms with E-state index in [2.05, 4.69) is 32.4 Å². The molecule has 0 aromatic carbocycles. The molecule has 0 radical (unpaired) electrons. The number of hydrogen-bond donors (Lipinski definition) is 1. The Bertz CT molecular complexity index is 702. The lowest BCUT2D eigenvalue weighted by molar-refractivity contribution is -0.121. The van der Waals surface area contributed by atoms with E-state index in [0.29, 0.717) is 5.89 Å². The van der Waals surface area contributed by atoms with Crippen LogP contribution in [0.1, 0.15) is 51.4 Å². The molecule has 3 rings (SSSR count). The first-order valence-electron chi connectivity index (χ1n) is 9.00. The van der Waals surface area contributed by atoms with Crippen LogP contribution in [0.15, 0.2) is 16.9 Å². The number of aryl methyl sites for hydroxylation is 2. The molecule has 136 valence electrons. The second-order valence-corrected chi connectivity index (χ2v) is 6.46. The van der Waals surface area contributed by atoms with Crippen molar-refractivity contribution in [3.05, 3.63) is 24.1 Å². The number of likely N-dealkylation sites (tertiary alicyclic amines) is 1. The van der Waals surface area contributed by atoms with Crippen molar-refractivity contribution in [1.82, 2.24) is 24.8 Å². The van der Waals surface area contributed by atoms with E-state index in [9.17, 15) is 4.79 Å². The maximum Gasteiger partial charge on any atom is 0.243 e. The molecule has 2 aromatic rings. The third kappa shape index (κ3) is 4.07. The molecule has 8 heteroatoms. The Kier molecular flexibility index (Phi) is 5.47. The zero-order valence-electron chi connectivity index (χ0n) is 15.1. The molecule has 0 aliphatic carbocycles. The third-order valence-electron chi connectivity index (χ3n) is 4.83. The average Bonchev–Trinajstić information content (AvgIpc) is 3.30. The van der Waals surface area contributed by atoms with Gasteiger partial charge in [-0.05, 0) is 39.8 Å². The van der Waals surface area contributed by atoms with Gasteiger partial charge in [0.2, 0.25) is 11.8 Å². The average molecular weight is 346 g/mol. The van der Waals surface area contributed by atoms with E-state index in [1.165, 1.54) is 0 Å². The molecule has 1 atom stereocenters. The summed E-state index contributed by atoms with van der Waals surface area (Å²) in [5.74, 6) is 1.51. The highest BCUT2D eigenvalue weighted by Crippen LogP contribution is 2.26. The number of amides is 1. The van der Waals surface area contributed by atoms with Gasteiger partial charge in [-0.1, -0.05) is 12.1 Å². The fraction of sp³-hybridized carbons (Fsp3) is 0.647. The van der Waals surface area contributed by atoms with Crippen LogP contribution in [0.4, 0.5) is 5.69 Å². The summed E-state index contributed by atoms with van der Waals surface area (Å²) in [6.07, 6.45) is 5.97. The Labute approximate surface area is 147 Å². The summed E-state index contributed by atoms with van der Waals surface area (Å²) in [6, 6.07) is 0.0830. The first-order chi connectivity index (χ1) is 12.1. The molecule has 1 aliphatic rings. The highest BCUT2D eigenvalue weighted by Gasteiger charge is 2.29. The molecule has 1 saturated heterocycles. The van der Waals surface area contributed by atoms with Crippen molar-refractivity contribution in [3.8, 4) is 0 Å². The third-order valence-corrected chi connectivity index (χ3v) is 4.83. The maximum absolute atomic E-state index is 12.4. The fourth-order valence-corrected chi connectivity index (χ4v) is 3.13. The Hall–Kier alpha value is -2.22. The van der Waals surface area contributed by atoms with Gasteiger partial charge in [0.05, 0.1) is 17.9 Å². The van der Waals surface area contributed by atoms with Crippen LogP contribution in [-0.4, -0.2) is 43.8 Å². The van der Waals surface area contributed by atoms with Crippen molar-refractivity contribution in [2.75, 3.05) is 18.4 Å². The first-order valence-corrected chi connectivity index (χ1v) is 9.00. The van der Waals surface area contributed by atoms with E-state index in [1.807, 2.05) is 20.0 Å². The maximum atomic E-state index is 12.4. The van der Waals surface area contributed by atoms with Crippen LogP contribution in [0, 0.1) is 5.92 Å². The fourth-order valence-electron chi connectivity index (χ4n) is 3.13. The monoisotopic (exact) mass is 346 g/mol. The van der Waals surface area contributed by atoms with E-state index in [1.54, 1.807) is 10.9 Å². The van der Waals surface area contributed by atoms with E-state index >= 15 is 0 Å². The number of aromatic nitrogens is 4. The first kappa shape index (κ1) is 17.6. The van der Waals surface area contributed by atoms with Gasteiger partial charge in [-0.15, -0.1) is 0 Å². The van der Waals surface area contributed by atoms with Crippen molar-refractivity contribution in [2.45, 2.75) is 52.6 Å². The molecule has 25 heavy (non-hydrogen) atoms. The van der Waals surface area contributed by atoms with Crippen LogP contribution >= 0.6 is 0 Å². The molecule has 1 amide bonds. The minimum atomic E-state index is 0.0299. The van der Waals surface area contributed by atoms with E-state index in [0.717, 1.165) is 50.4 Å². The highest BCUT2D eigenvalue weighted by molar-refractivity contribution is 5.92. The van der Waals surface area contributed by atoms with Gasteiger partial charge in [-0.25, -0.2) is 0 Å². The molecular formula is C17H26N6O2. The lowest BCUT2D eigenvalue weighted by Crippen LogP contribution is -2.39. The van der Waals surface area contributed by atoms with Gasteiger partial charge >= 0.3 is 0 Å². The number of anilines is 1. The SMILES string of the molecule is CCc1noc(C(C)N2CCC(C(=O)Nc3cnn(CC)c3)CC2)n1. The van der Waals surface area contributed by atoms with Gasteiger partial charge in [-0.3, -0.25) is 14.4 Å². The predicted molar refractivity (Wildman–Crippen MR) is 92.9 cm³/mol. The molecule has 0 saturated carbocycles. The summed E-state index contributed by atoms with van der Waals surface area (Å²) >= 11 is 0. The zero-order valence-corrected chi connectivity index (χ0v) is 15.1. The standard InChI is InChI=1S/C17H26N6O2/c1-4-15-20-17(25-21-15)12(3)22-8-6-13(7-9-22)16(24)19-14-10-18-23(5-2)11-14/h10-13H,4-9H2,1-3H3,(H,19,24). The van der Waals surface area contributed by atoms with E-state index < -0.39 is 0 Å². The van der Waals surface area contributed by atoms with Gasteiger partial charge in [0.15, 0.2) is 5.82 Å². The summed E-state index contributed by atoms with van der Waals surface area (Å²) in [5.41, 5.74) is 0.764. The zero-order chi connectivity index (χ0) is 17.8. The largest absolute Gasteiger partial charge is 0.338 e. The van der Waals surface area contributed by atoms with Crippen LogP contribution in [0.3, 0.4) is 0 Å². The van der Waals surface area contributed by atoms with Gasteiger partial charge in [0, 0.05) is 25.1 Å². The summed E-state index contributed by atoms with van der Waals surface area (Å²) in [7, 11) is 0. The normalized spacial score (nSPS) is 17.6. The quantitative estimate of drug-likeness (QED) is 0.863. The second kappa shape index (κ2) is 7.77. The van der Waals surface area contributed by atoms with Crippen molar-refractivity contribution in [2.24, 2.45) is 5.92 Å². The molecule has 0 spiro atoms. The molecule has 0 bridgehead atoms. The van der Waals surface area contributed by atoms with Crippen molar-refractivity contribution < 1.29 is 9.32 Å². The van der Waals surface area contributed by atoms with Gasteiger partial charge in [-0.2, -0.15) is 10.1 Å². The van der Waals surface area contributed by atoms with Gasteiger partial charge in [0.1, 0.15) is 0 Å². The number of piperidine rings is 1. The highest BCUT2D eigenvalue weighted by atomic mass is 16.5. The molecule has 8 nitrogen and oxygen atoms in total. The molecule has 3 heterocycles. The van der Waals surface area contributed by atoms with Crippen LogP contribution in [0.5, 0.6) is 0 Å². The van der Waals surface area contributed by atoms with Crippen molar-refractivity contribution in [3.63, 3.8) is 0 Å². The Morgan fingerprint density at radius 2 is 2.16 bits per heavy atom. The minimum Gasteiger partial charge on any atom is -0.338 e. The van der Waals surface area contributed by atoms with Crippen LogP contribution < -0.4 is 5.32 Å². The van der Waals surface area contributed by atoms with Crippen LogP contribution in [-0.2, 0) is 17.8 Å². The second-order valence-electron chi connectivity index (χ2n) is 6.46. The molecule has 1 unspecified atom stereocenters. The minimum absolute atomic E-state index is 0.0299. The molecular weight excluding hydrogens is 320 g/mol. The lowest BCUT2D eigenvalue weighted by Gasteiger charge is -2.33. The topological polar surface area (TPSA) is 89.1 Å². The summed E-state index contributed by atoms with van der Waals surface area (Å²) in [6.45, 7) is 8.58. The van der Waals surface area contributed by atoms with Gasteiger partial charge < -0.3 is 9.84 Å². The number of nitrogens with one attached hydrogen (secondary N) is 1. The van der Waals surface area contributed by atoms with E-state index in [4.69, 9.17) is 4.52 Å². The number of rotatable bonds is 6. The number of hydrogen-bond acceptors (Lipinski definition) is 6. The molecule has 1 N–H and O–H groups in total. The molecule has 1 aliphatic heterocycles. The molecule has 2 aromatic heterocycles. The predicted octanol–water partition coefficient (Wildman–Crippen LogP) is 2.26. The van der Waals surface area contributed by atoms with Gasteiger partial charge in [0.25, 0.3) is 0 Å². The van der Waals surface area contributed by atoms with E-state index in [-0.39, 0.29) is 17.9 Å².